The Morgan fingerprint density at radius 1 is 1.44 bits per heavy atom. The second-order valence-corrected chi connectivity index (χ2v) is 4.84. The third kappa shape index (κ3) is 3.89. The van der Waals surface area contributed by atoms with Crippen LogP contribution >= 0.6 is 15.9 Å². The highest BCUT2D eigenvalue weighted by Gasteiger charge is 2.13. The molecule has 0 radical (unpaired) electrons. The summed E-state index contributed by atoms with van der Waals surface area (Å²) in [5, 5.41) is 3.50. The molecular formula is C13H20BrNO. The predicted octanol–water partition coefficient (Wildman–Crippen LogP) is 3.44. The van der Waals surface area contributed by atoms with Crippen molar-refractivity contribution in [2.24, 2.45) is 0 Å². The maximum Gasteiger partial charge on any atom is 0.0658 e. The maximum atomic E-state index is 5.27. The van der Waals surface area contributed by atoms with Crippen LogP contribution in [0.1, 0.15) is 30.5 Å². The first-order valence-corrected chi connectivity index (χ1v) is 6.46. The van der Waals surface area contributed by atoms with Crippen molar-refractivity contribution in [2.75, 3.05) is 20.3 Å². The third-order valence-electron chi connectivity index (χ3n) is 2.50. The summed E-state index contributed by atoms with van der Waals surface area (Å²) in [5.41, 5.74) is 2.55. The lowest BCUT2D eigenvalue weighted by molar-refractivity contribution is 0.167. The van der Waals surface area contributed by atoms with E-state index in [0.29, 0.717) is 6.61 Å². The van der Waals surface area contributed by atoms with Crippen LogP contribution in [0.5, 0.6) is 0 Å². The molecule has 0 aliphatic rings. The molecule has 0 fully saturated rings. The molecule has 16 heavy (non-hydrogen) atoms. The first kappa shape index (κ1) is 13.7. The van der Waals surface area contributed by atoms with E-state index >= 15 is 0 Å². The van der Waals surface area contributed by atoms with Gasteiger partial charge in [0.05, 0.1) is 12.6 Å². The molecule has 3 heteroatoms. The van der Waals surface area contributed by atoms with Gasteiger partial charge in [0.15, 0.2) is 0 Å². The molecule has 0 spiro atoms. The molecule has 90 valence electrons. The van der Waals surface area contributed by atoms with Gasteiger partial charge in [0.25, 0.3) is 0 Å². The van der Waals surface area contributed by atoms with Gasteiger partial charge in [-0.05, 0) is 31.5 Å². The number of ether oxygens (including phenoxy) is 1. The fraction of sp³-hybridized carbons (Fsp3) is 0.538. The van der Waals surface area contributed by atoms with Crippen LogP contribution in [0.15, 0.2) is 22.7 Å². The summed E-state index contributed by atoms with van der Waals surface area (Å²) < 4.78 is 6.41. The highest BCUT2D eigenvalue weighted by molar-refractivity contribution is 9.10. The Morgan fingerprint density at radius 2 is 2.19 bits per heavy atom. The first-order chi connectivity index (χ1) is 7.69. The highest BCUT2D eigenvalue weighted by atomic mass is 79.9. The smallest absolute Gasteiger partial charge is 0.0658 e. The molecule has 0 heterocycles. The van der Waals surface area contributed by atoms with Crippen molar-refractivity contribution >= 4 is 15.9 Å². The quantitative estimate of drug-likeness (QED) is 0.865. The number of benzene rings is 1. The van der Waals surface area contributed by atoms with Crippen molar-refractivity contribution in [1.29, 1.82) is 0 Å². The molecule has 0 saturated carbocycles. The molecule has 1 aromatic rings. The molecule has 0 aromatic heterocycles. The van der Waals surface area contributed by atoms with Gasteiger partial charge >= 0.3 is 0 Å². The number of methoxy groups -OCH3 is 1. The van der Waals surface area contributed by atoms with Gasteiger partial charge in [0, 0.05) is 11.6 Å². The average molecular weight is 286 g/mol. The van der Waals surface area contributed by atoms with Crippen LogP contribution < -0.4 is 5.32 Å². The van der Waals surface area contributed by atoms with Crippen molar-refractivity contribution in [2.45, 2.75) is 26.3 Å². The van der Waals surface area contributed by atoms with Crippen LogP contribution in [0, 0.1) is 6.92 Å². The Labute approximate surface area is 107 Å². The van der Waals surface area contributed by atoms with E-state index in [0.717, 1.165) is 17.4 Å². The van der Waals surface area contributed by atoms with Crippen LogP contribution in [0.3, 0.4) is 0 Å². The van der Waals surface area contributed by atoms with E-state index in [2.05, 4.69) is 53.3 Å². The zero-order chi connectivity index (χ0) is 12.0. The SMILES string of the molecule is CCCNC(COC)c1cc(C)ccc1Br. The second-order valence-electron chi connectivity index (χ2n) is 3.99. The third-order valence-corrected chi connectivity index (χ3v) is 3.22. The van der Waals surface area contributed by atoms with Crippen molar-refractivity contribution in [3.63, 3.8) is 0 Å². The summed E-state index contributed by atoms with van der Waals surface area (Å²) in [6.45, 7) is 5.98. The molecule has 0 aliphatic carbocycles. The van der Waals surface area contributed by atoms with Gasteiger partial charge < -0.3 is 10.1 Å². The van der Waals surface area contributed by atoms with E-state index in [1.807, 2.05) is 0 Å². The van der Waals surface area contributed by atoms with E-state index in [4.69, 9.17) is 4.74 Å². The van der Waals surface area contributed by atoms with Gasteiger partial charge in [-0.3, -0.25) is 0 Å². The Morgan fingerprint density at radius 3 is 2.81 bits per heavy atom. The van der Waals surface area contributed by atoms with Crippen molar-refractivity contribution in [1.82, 2.24) is 5.32 Å². The zero-order valence-electron chi connectivity index (χ0n) is 10.2. The van der Waals surface area contributed by atoms with Crippen molar-refractivity contribution in [3.8, 4) is 0 Å². The zero-order valence-corrected chi connectivity index (χ0v) is 11.8. The van der Waals surface area contributed by atoms with Gasteiger partial charge in [-0.15, -0.1) is 0 Å². The lowest BCUT2D eigenvalue weighted by Crippen LogP contribution is -2.26. The monoisotopic (exact) mass is 285 g/mol. The summed E-state index contributed by atoms with van der Waals surface area (Å²) in [6.07, 6.45) is 1.13. The van der Waals surface area contributed by atoms with Crippen LogP contribution in [-0.4, -0.2) is 20.3 Å². The van der Waals surface area contributed by atoms with Gasteiger partial charge in [0.2, 0.25) is 0 Å². The van der Waals surface area contributed by atoms with Crippen molar-refractivity contribution < 1.29 is 4.74 Å². The minimum absolute atomic E-state index is 0.263. The summed E-state index contributed by atoms with van der Waals surface area (Å²) >= 11 is 3.60. The lowest BCUT2D eigenvalue weighted by Gasteiger charge is -2.20. The first-order valence-electron chi connectivity index (χ1n) is 5.67. The van der Waals surface area contributed by atoms with Crippen LogP contribution in [0.4, 0.5) is 0 Å². The molecule has 1 aromatic carbocycles. The number of rotatable bonds is 6. The average Bonchev–Trinajstić information content (AvgIpc) is 2.28. The lowest BCUT2D eigenvalue weighted by atomic mass is 10.0. The number of hydrogen-bond acceptors (Lipinski definition) is 2. The maximum absolute atomic E-state index is 5.27. The second kappa shape index (κ2) is 7.05. The van der Waals surface area contributed by atoms with Crippen LogP contribution in [0.25, 0.3) is 0 Å². The molecule has 1 rings (SSSR count). The molecule has 0 amide bonds. The molecule has 1 N–H and O–H groups in total. The van der Waals surface area contributed by atoms with E-state index in [1.165, 1.54) is 11.1 Å². The minimum Gasteiger partial charge on any atom is -0.383 e. The topological polar surface area (TPSA) is 21.3 Å². The Bertz CT molecular complexity index is 328. The Kier molecular flexibility index (Phi) is 6.03. The standard InChI is InChI=1S/C13H20BrNO/c1-4-7-15-13(9-16-3)11-8-10(2)5-6-12(11)14/h5-6,8,13,15H,4,7,9H2,1-3H3. The van der Waals surface area contributed by atoms with E-state index < -0.39 is 0 Å². The molecule has 2 nitrogen and oxygen atoms in total. The molecular weight excluding hydrogens is 266 g/mol. The summed E-state index contributed by atoms with van der Waals surface area (Å²) in [6, 6.07) is 6.67. The Balaban J connectivity index is 2.85. The van der Waals surface area contributed by atoms with Gasteiger partial charge in [-0.25, -0.2) is 0 Å². The molecule has 1 atom stereocenters. The van der Waals surface area contributed by atoms with Crippen LogP contribution in [-0.2, 0) is 4.74 Å². The summed E-state index contributed by atoms with van der Waals surface area (Å²) in [5.74, 6) is 0. The molecule has 0 saturated heterocycles. The fourth-order valence-corrected chi connectivity index (χ4v) is 2.20. The Hall–Kier alpha value is -0.380. The van der Waals surface area contributed by atoms with Gasteiger partial charge in [0.1, 0.15) is 0 Å². The summed E-state index contributed by atoms with van der Waals surface area (Å²) in [4.78, 5) is 0. The van der Waals surface area contributed by atoms with E-state index in [1.54, 1.807) is 7.11 Å². The number of nitrogens with one attached hydrogen (secondary N) is 1. The van der Waals surface area contributed by atoms with Crippen LogP contribution in [0.2, 0.25) is 0 Å². The van der Waals surface area contributed by atoms with Crippen molar-refractivity contribution in [3.05, 3.63) is 33.8 Å². The van der Waals surface area contributed by atoms with E-state index in [-0.39, 0.29) is 6.04 Å². The largest absolute Gasteiger partial charge is 0.383 e. The molecule has 0 bridgehead atoms. The minimum atomic E-state index is 0.263. The number of hydrogen-bond donors (Lipinski definition) is 1. The summed E-state index contributed by atoms with van der Waals surface area (Å²) in [7, 11) is 1.74. The molecule has 1 unspecified atom stereocenters. The number of halogens is 1. The van der Waals surface area contributed by atoms with Gasteiger partial charge in [-0.1, -0.05) is 40.5 Å². The van der Waals surface area contributed by atoms with Gasteiger partial charge in [-0.2, -0.15) is 0 Å². The molecule has 0 aliphatic heterocycles. The fourth-order valence-electron chi connectivity index (χ4n) is 1.67. The highest BCUT2D eigenvalue weighted by Crippen LogP contribution is 2.24. The predicted molar refractivity (Wildman–Crippen MR) is 71.8 cm³/mol. The van der Waals surface area contributed by atoms with E-state index in [9.17, 15) is 0 Å². The number of aryl methyl sites for hydroxylation is 1. The normalized spacial score (nSPS) is 12.8.